The molecule has 1 heterocycles. The predicted octanol–water partition coefficient (Wildman–Crippen LogP) is 6.34. The van der Waals surface area contributed by atoms with Crippen LogP contribution < -0.4 is 5.43 Å². The molecule has 0 bridgehead atoms. The van der Waals surface area contributed by atoms with Gasteiger partial charge in [0.25, 0.3) is 5.69 Å². The van der Waals surface area contributed by atoms with E-state index in [0.29, 0.717) is 18.6 Å². The lowest BCUT2D eigenvalue weighted by Crippen LogP contribution is -2.02. The van der Waals surface area contributed by atoms with E-state index >= 15 is 0 Å². The van der Waals surface area contributed by atoms with Gasteiger partial charge in [-0.3, -0.25) is 25.7 Å². The normalized spacial score (nSPS) is 11.5. The maximum absolute atomic E-state index is 11.3. The molecule has 0 aliphatic heterocycles. The van der Waals surface area contributed by atoms with Gasteiger partial charge in [0, 0.05) is 29.1 Å². The van der Waals surface area contributed by atoms with Crippen LogP contribution in [0.25, 0.3) is 22.1 Å². The summed E-state index contributed by atoms with van der Waals surface area (Å²) in [6.07, 6.45) is 1.13. The fraction of sp³-hybridized carbons (Fsp3) is 0.125. The highest BCUT2D eigenvalue weighted by Crippen LogP contribution is 2.35. The van der Waals surface area contributed by atoms with E-state index in [9.17, 15) is 20.2 Å². The van der Waals surface area contributed by atoms with E-state index in [4.69, 9.17) is 4.42 Å². The number of non-ortho nitro benzene ring substituents is 1. The molecule has 0 saturated heterocycles. The Balaban J connectivity index is 1.55. The van der Waals surface area contributed by atoms with Crippen LogP contribution >= 0.6 is 0 Å². The molecule has 166 valence electrons. The molecule has 4 rings (SSSR count). The van der Waals surface area contributed by atoms with Crippen molar-refractivity contribution in [3.8, 4) is 11.1 Å². The van der Waals surface area contributed by atoms with Crippen LogP contribution in [-0.2, 0) is 6.42 Å². The highest BCUT2D eigenvalue weighted by Gasteiger charge is 2.19. The van der Waals surface area contributed by atoms with E-state index in [1.54, 1.807) is 6.92 Å². The molecule has 1 aromatic heterocycles. The van der Waals surface area contributed by atoms with Crippen molar-refractivity contribution in [1.29, 1.82) is 0 Å². The Hall–Kier alpha value is -4.53. The molecule has 0 unspecified atom stereocenters. The second-order valence-electron chi connectivity index (χ2n) is 7.44. The van der Waals surface area contributed by atoms with Crippen LogP contribution in [0, 0.1) is 20.2 Å². The molecule has 4 aromatic rings. The molecule has 0 amide bonds. The van der Waals surface area contributed by atoms with Gasteiger partial charge in [-0.15, -0.1) is 0 Å². The number of fused-ring (bicyclic) bond motifs is 1. The number of rotatable bonds is 8. The summed E-state index contributed by atoms with van der Waals surface area (Å²) in [7, 11) is 0. The third-order valence-electron chi connectivity index (χ3n) is 5.20. The van der Waals surface area contributed by atoms with Gasteiger partial charge in [0.15, 0.2) is 0 Å². The molecule has 0 radical (unpaired) electrons. The highest BCUT2D eigenvalue weighted by molar-refractivity contribution is 5.96. The molecule has 0 fully saturated rings. The summed E-state index contributed by atoms with van der Waals surface area (Å²) in [5, 5.41) is 27.5. The number of hydrogen-bond acceptors (Lipinski definition) is 7. The molecule has 0 aliphatic carbocycles. The van der Waals surface area contributed by atoms with E-state index < -0.39 is 15.5 Å². The first-order valence-electron chi connectivity index (χ1n) is 10.2. The third-order valence-corrected chi connectivity index (χ3v) is 5.20. The van der Waals surface area contributed by atoms with Gasteiger partial charge in [0.2, 0.25) is 0 Å². The Labute approximate surface area is 188 Å². The van der Waals surface area contributed by atoms with Crippen molar-refractivity contribution < 1.29 is 14.3 Å². The average Bonchev–Trinajstić information content (AvgIpc) is 3.20. The Morgan fingerprint density at radius 2 is 1.70 bits per heavy atom. The highest BCUT2D eigenvalue weighted by atomic mass is 16.6. The van der Waals surface area contributed by atoms with Crippen molar-refractivity contribution in [3.05, 3.63) is 98.8 Å². The molecular weight excluding hydrogens is 424 g/mol. The van der Waals surface area contributed by atoms with Crippen LogP contribution in [0.3, 0.4) is 0 Å². The molecule has 0 aliphatic rings. The zero-order valence-electron chi connectivity index (χ0n) is 17.7. The lowest BCUT2D eigenvalue weighted by atomic mass is 9.99. The van der Waals surface area contributed by atoms with Crippen LogP contribution in [0.4, 0.5) is 17.1 Å². The molecule has 3 aromatic carbocycles. The second-order valence-corrected chi connectivity index (χ2v) is 7.44. The number of nitrogens with zero attached hydrogens (tertiary/aromatic N) is 3. The van der Waals surface area contributed by atoms with Gasteiger partial charge in [-0.1, -0.05) is 48.5 Å². The van der Waals surface area contributed by atoms with Crippen LogP contribution in [-0.4, -0.2) is 15.6 Å². The molecule has 0 spiro atoms. The van der Waals surface area contributed by atoms with E-state index in [1.165, 1.54) is 12.1 Å². The topological polar surface area (TPSA) is 124 Å². The minimum atomic E-state index is -0.680. The maximum Gasteiger partial charge on any atom is 0.301 e. The monoisotopic (exact) mass is 444 g/mol. The molecule has 9 heteroatoms. The first kappa shape index (κ1) is 21.7. The van der Waals surface area contributed by atoms with E-state index in [0.717, 1.165) is 33.9 Å². The number of hydrogen-bond donors (Lipinski definition) is 1. The lowest BCUT2D eigenvalue weighted by molar-refractivity contribution is -0.393. The van der Waals surface area contributed by atoms with Crippen LogP contribution in [0.15, 0.2) is 82.3 Å². The number of nitrogens with one attached hydrogen (secondary N) is 1. The summed E-state index contributed by atoms with van der Waals surface area (Å²) in [5.74, 6) is 0.832. The zero-order chi connectivity index (χ0) is 23.4. The quantitative estimate of drug-likeness (QED) is 0.192. The number of nitro groups is 2. The number of furan rings is 1. The molecule has 1 N–H and O–H groups in total. The summed E-state index contributed by atoms with van der Waals surface area (Å²) in [4.78, 5) is 20.8. The van der Waals surface area contributed by atoms with Crippen molar-refractivity contribution in [2.24, 2.45) is 5.10 Å². The standard InChI is InChI=1S/C24H20N4O5/c1-16(25-26-20-13-12-18(27(29)30)15-21(20)28(31)32)11-14-23-24(17-7-3-2-4-8-17)19-9-5-6-10-22(19)33-23/h2-10,12-13,15,26H,11,14H2,1H3/b25-16+. The van der Waals surface area contributed by atoms with Gasteiger partial charge in [-0.25, -0.2) is 0 Å². The Morgan fingerprint density at radius 1 is 0.970 bits per heavy atom. The minimum Gasteiger partial charge on any atom is -0.460 e. The van der Waals surface area contributed by atoms with Gasteiger partial charge in [-0.2, -0.15) is 5.10 Å². The molecule has 0 saturated carbocycles. The van der Waals surface area contributed by atoms with Gasteiger partial charge < -0.3 is 4.42 Å². The average molecular weight is 444 g/mol. The van der Waals surface area contributed by atoms with Crippen LogP contribution in [0.5, 0.6) is 0 Å². The minimum absolute atomic E-state index is 0.0821. The number of aryl methyl sites for hydroxylation is 1. The Morgan fingerprint density at radius 3 is 2.42 bits per heavy atom. The fourth-order valence-electron chi connectivity index (χ4n) is 3.58. The number of anilines is 1. The first-order valence-corrected chi connectivity index (χ1v) is 10.2. The Bertz CT molecular complexity index is 1360. The smallest absolute Gasteiger partial charge is 0.301 e. The van der Waals surface area contributed by atoms with Gasteiger partial charge in [0.1, 0.15) is 17.0 Å². The van der Waals surface area contributed by atoms with Gasteiger partial charge >= 0.3 is 5.69 Å². The largest absolute Gasteiger partial charge is 0.460 e. The number of para-hydroxylation sites is 1. The van der Waals surface area contributed by atoms with Crippen molar-refractivity contribution in [1.82, 2.24) is 0 Å². The molecule has 9 nitrogen and oxygen atoms in total. The maximum atomic E-state index is 11.3. The number of nitro benzene ring substituents is 2. The van der Waals surface area contributed by atoms with E-state index in [2.05, 4.69) is 10.5 Å². The first-order chi connectivity index (χ1) is 15.9. The van der Waals surface area contributed by atoms with E-state index in [1.807, 2.05) is 54.6 Å². The third kappa shape index (κ3) is 4.72. The molecule has 0 atom stereocenters. The molecule has 33 heavy (non-hydrogen) atoms. The van der Waals surface area contributed by atoms with E-state index in [-0.39, 0.29) is 11.4 Å². The van der Waals surface area contributed by atoms with Crippen LogP contribution in [0.2, 0.25) is 0 Å². The summed E-state index contributed by atoms with van der Waals surface area (Å²) in [5.41, 5.74) is 5.58. The summed E-state index contributed by atoms with van der Waals surface area (Å²) >= 11 is 0. The van der Waals surface area contributed by atoms with Crippen molar-refractivity contribution >= 4 is 33.7 Å². The second kappa shape index (κ2) is 9.31. The number of hydrazone groups is 1. The summed E-state index contributed by atoms with van der Waals surface area (Å²) in [6.45, 7) is 1.80. The van der Waals surface area contributed by atoms with Crippen molar-refractivity contribution in [2.75, 3.05) is 5.43 Å². The van der Waals surface area contributed by atoms with Gasteiger partial charge in [-0.05, 0) is 31.0 Å². The van der Waals surface area contributed by atoms with Crippen molar-refractivity contribution in [3.63, 3.8) is 0 Å². The fourth-order valence-corrected chi connectivity index (χ4v) is 3.58. The van der Waals surface area contributed by atoms with Crippen molar-refractivity contribution in [2.45, 2.75) is 19.8 Å². The molecular formula is C24H20N4O5. The lowest BCUT2D eigenvalue weighted by Gasteiger charge is -2.06. The summed E-state index contributed by atoms with van der Waals surface area (Å²) < 4.78 is 6.12. The Kier molecular flexibility index (Phi) is 6.12. The summed E-state index contributed by atoms with van der Waals surface area (Å²) in [6, 6.07) is 21.2. The number of benzene rings is 3. The zero-order valence-corrected chi connectivity index (χ0v) is 17.7. The van der Waals surface area contributed by atoms with Gasteiger partial charge in [0.05, 0.1) is 15.9 Å². The van der Waals surface area contributed by atoms with Crippen LogP contribution in [0.1, 0.15) is 19.1 Å². The SMILES string of the molecule is C/C(CCc1oc2ccccc2c1-c1ccccc1)=N\Nc1ccc([N+](=O)[O-])cc1[N+](=O)[O-]. The predicted molar refractivity (Wildman–Crippen MR) is 126 cm³/mol.